The summed E-state index contributed by atoms with van der Waals surface area (Å²) >= 11 is 0. The molecule has 0 aromatic heterocycles. The van der Waals surface area contributed by atoms with Crippen molar-refractivity contribution >= 4 is 12.0 Å². The molecule has 0 aliphatic carbocycles. The van der Waals surface area contributed by atoms with Gasteiger partial charge in [-0.25, -0.2) is 0 Å². The molecule has 1 heterocycles. The molecule has 150 valence electrons. The molecule has 1 aliphatic heterocycles. The molecular weight excluding hydrogens is 360 g/mol. The van der Waals surface area contributed by atoms with Gasteiger partial charge in [-0.05, 0) is 38.4 Å². The van der Waals surface area contributed by atoms with E-state index in [4.69, 9.17) is 10.1 Å². The molecule has 0 radical (unpaired) electrons. The fraction of sp³-hybridized carbons (Fsp3) is 0.350. The van der Waals surface area contributed by atoms with Crippen LogP contribution in [0.25, 0.3) is 0 Å². The zero-order chi connectivity index (χ0) is 20.6. The molecule has 2 unspecified atom stereocenters. The Balaban J connectivity index is 2.10. The van der Waals surface area contributed by atoms with Gasteiger partial charge in [-0.2, -0.15) is 5.21 Å². The normalized spacial score (nSPS) is 24.4. The summed E-state index contributed by atoms with van der Waals surface area (Å²) in [4.78, 5) is 4.73. The van der Waals surface area contributed by atoms with Gasteiger partial charge in [-0.3, -0.25) is 0 Å². The molecular formula is C20H26N4O4. The van der Waals surface area contributed by atoms with Crippen LogP contribution >= 0.6 is 0 Å². The van der Waals surface area contributed by atoms with Crippen LogP contribution in [-0.2, 0) is 4.94 Å². The molecule has 1 fully saturated rings. The lowest BCUT2D eigenvalue weighted by Gasteiger charge is -2.44. The van der Waals surface area contributed by atoms with E-state index in [1.54, 1.807) is 30.3 Å². The van der Waals surface area contributed by atoms with Crippen molar-refractivity contribution in [1.29, 1.82) is 0 Å². The molecule has 0 saturated carbocycles. The van der Waals surface area contributed by atoms with Crippen molar-refractivity contribution in [3.8, 4) is 0 Å². The first-order valence-electron chi connectivity index (χ1n) is 9.01. The number of rotatable bonds is 5. The zero-order valence-electron chi connectivity index (χ0n) is 16.4. The van der Waals surface area contributed by atoms with Gasteiger partial charge in [0.2, 0.25) is 5.69 Å². The third-order valence-corrected chi connectivity index (χ3v) is 5.69. The van der Waals surface area contributed by atoms with E-state index in [0.717, 1.165) is 17.0 Å². The number of nitrogens with zero attached hydrogens (tertiary/aromatic N) is 4. The zero-order valence-corrected chi connectivity index (χ0v) is 16.4. The van der Waals surface area contributed by atoms with Gasteiger partial charge in [-0.15, -0.1) is 5.06 Å². The molecule has 2 N–H and O–H groups in total. The molecule has 8 heteroatoms. The second-order valence-corrected chi connectivity index (χ2v) is 7.83. The van der Waals surface area contributed by atoms with Crippen LogP contribution in [0.1, 0.15) is 39.4 Å². The Morgan fingerprint density at radius 1 is 1.00 bits per heavy atom. The van der Waals surface area contributed by atoms with E-state index in [-0.39, 0.29) is 0 Å². The van der Waals surface area contributed by atoms with E-state index in [1.165, 1.54) is 5.06 Å². The molecule has 1 saturated heterocycles. The Kier molecular flexibility index (Phi) is 5.28. The summed E-state index contributed by atoms with van der Waals surface area (Å²) in [6.45, 7) is 7.39. The van der Waals surface area contributed by atoms with Gasteiger partial charge < -0.3 is 15.5 Å². The highest BCUT2D eigenvalue weighted by molar-refractivity contribution is 5.68. The van der Waals surface area contributed by atoms with E-state index in [2.05, 4.69) is 5.16 Å². The molecule has 2 atom stereocenters. The second-order valence-electron chi connectivity index (χ2n) is 7.83. The fourth-order valence-corrected chi connectivity index (χ4v) is 3.27. The summed E-state index contributed by atoms with van der Waals surface area (Å²) in [6.07, 6.45) is 0.0279. The van der Waals surface area contributed by atoms with Crippen LogP contribution in [0.2, 0.25) is 0 Å². The maximum Gasteiger partial charge on any atom is 0.298 e. The Labute approximate surface area is 164 Å². The van der Waals surface area contributed by atoms with E-state index in [0.29, 0.717) is 5.69 Å². The predicted octanol–water partition coefficient (Wildman–Crippen LogP) is 4.02. The van der Waals surface area contributed by atoms with E-state index >= 15 is 0 Å². The van der Waals surface area contributed by atoms with Crippen LogP contribution in [0.5, 0.6) is 0 Å². The van der Waals surface area contributed by atoms with Gasteiger partial charge in [0, 0.05) is 17.7 Å². The maximum atomic E-state index is 13.3. The SMILES string of the molecule is CC1(C)N([O-])C(c2ccccc2)N(O[N+](O)(C=NO)c2ccccc2)C1(C)C. The highest BCUT2D eigenvalue weighted by atomic mass is 17.0. The molecule has 2 aromatic carbocycles. The fourth-order valence-electron chi connectivity index (χ4n) is 3.27. The minimum absolute atomic E-state index is 0.310. The average molecular weight is 386 g/mol. The highest BCUT2D eigenvalue weighted by Crippen LogP contribution is 2.50. The molecule has 0 bridgehead atoms. The minimum Gasteiger partial charge on any atom is -0.783 e. The Bertz CT molecular complexity index is 829. The van der Waals surface area contributed by atoms with Crippen molar-refractivity contribution in [1.82, 2.24) is 14.9 Å². The largest absolute Gasteiger partial charge is 0.783 e. The molecule has 3 rings (SSSR count). The van der Waals surface area contributed by atoms with Crippen molar-refractivity contribution in [3.05, 3.63) is 71.4 Å². The second kappa shape index (κ2) is 7.25. The van der Waals surface area contributed by atoms with Gasteiger partial charge in [0.1, 0.15) is 6.17 Å². The first kappa shape index (κ1) is 20.4. The van der Waals surface area contributed by atoms with E-state index < -0.39 is 22.1 Å². The van der Waals surface area contributed by atoms with Crippen LogP contribution < -0.4 is 4.81 Å². The van der Waals surface area contributed by atoms with Crippen molar-refractivity contribution < 1.29 is 15.4 Å². The van der Waals surface area contributed by atoms with E-state index in [1.807, 2.05) is 58.0 Å². The van der Waals surface area contributed by atoms with Crippen molar-refractivity contribution in [2.75, 3.05) is 0 Å². The lowest BCUT2D eigenvalue weighted by atomic mass is 9.84. The predicted molar refractivity (Wildman–Crippen MR) is 106 cm³/mol. The monoisotopic (exact) mass is 386 g/mol. The molecule has 0 spiro atoms. The number of benzene rings is 2. The standard InChI is InChI=1S/C20H26N4O4/c1-19(2)20(3,4)23(18(22(19)26)16-11-7-5-8-12-16)28-24(27,15-21-25)17-13-9-6-10-14-17/h5-15,18,25,27H,1-4H3. The first-order valence-corrected chi connectivity index (χ1v) is 9.01. The third kappa shape index (κ3) is 3.20. The topological polar surface area (TPSA) is 91.6 Å². The van der Waals surface area contributed by atoms with Crippen LogP contribution in [0, 0.1) is 5.21 Å². The number of hydroxylamine groups is 6. The van der Waals surface area contributed by atoms with Gasteiger partial charge >= 0.3 is 0 Å². The molecule has 28 heavy (non-hydrogen) atoms. The van der Waals surface area contributed by atoms with Crippen LogP contribution in [-0.4, -0.2) is 38.0 Å². The Hall–Kier alpha value is -2.33. The number of quaternary nitrogens is 1. The molecule has 0 amide bonds. The lowest BCUT2D eigenvalue weighted by molar-refractivity contribution is -0.412. The number of hydrogen-bond donors (Lipinski definition) is 2. The van der Waals surface area contributed by atoms with Crippen LogP contribution in [0.15, 0.2) is 65.8 Å². The Morgan fingerprint density at radius 3 is 2.07 bits per heavy atom. The molecule has 8 nitrogen and oxygen atoms in total. The van der Waals surface area contributed by atoms with Gasteiger partial charge in [-0.1, -0.05) is 53.5 Å². The molecule has 1 aliphatic rings. The number of para-hydroxylation sites is 1. The summed E-state index contributed by atoms with van der Waals surface area (Å²) in [5.41, 5.74) is -0.618. The minimum atomic E-state index is -1.26. The summed E-state index contributed by atoms with van der Waals surface area (Å²) in [5.74, 6) is 0. The van der Waals surface area contributed by atoms with Gasteiger partial charge in [0.15, 0.2) is 0 Å². The van der Waals surface area contributed by atoms with Crippen molar-refractivity contribution in [2.45, 2.75) is 44.9 Å². The van der Waals surface area contributed by atoms with Crippen LogP contribution in [0.3, 0.4) is 0 Å². The number of hydrogen-bond acceptors (Lipinski definition) is 7. The smallest absolute Gasteiger partial charge is 0.298 e. The van der Waals surface area contributed by atoms with Crippen molar-refractivity contribution in [2.24, 2.45) is 5.16 Å². The summed E-state index contributed by atoms with van der Waals surface area (Å²) in [5, 5.41) is 38.9. The quantitative estimate of drug-likeness (QED) is 0.265. The third-order valence-electron chi connectivity index (χ3n) is 5.69. The number of oxime groups is 1. The summed E-state index contributed by atoms with van der Waals surface area (Å²) < 4.78 is 0. The first-order chi connectivity index (χ1) is 13.1. The van der Waals surface area contributed by atoms with Gasteiger partial charge in [0.25, 0.3) is 6.34 Å². The maximum absolute atomic E-state index is 13.3. The summed E-state index contributed by atoms with van der Waals surface area (Å²) in [7, 11) is 0. The lowest BCUT2D eigenvalue weighted by Crippen LogP contribution is -2.58. The highest BCUT2D eigenvalue weighted by Gasteiger charge is 2.58. The van der Waals surface area contributed by atoms with Gasteiger partial charge in [0.05, 0.1) is 10.3 Å². The van der Waals surface area contributed by atoms with Crippen LogP contribution in [0.4, 0.5) is 5.69 Å². The summed E-state index contributed by atoms with van der Waals surface area (Å²) in [6, 6.07) is 17.7. The average Bonchev–Trinajstić information content (AvgIpc) is 2.80. The molecule has 2 aromatic rings. The van der Waals surface area contributed by atoms with E-state index in [9.17, 15) is 10.4 Å². The van der Waals surface area contributed by atoms with Crippen molar-refractivity contribution in [3.63, 3.8) is 0 Å². The Morgan fingerprint density at radius 2 is 1.54 bits per heavy atom.